The summed E-state index contributed by atoms with van der Waals surface area (Å²) in [6.45, 7) is 4.81. The third-order valence-corrected chi connectivity index (χ3v) is 6.65. The lowest BCUT2D eigenvalue weighted by atomic mass is 10.1. The molecule has 2 aromatic heterocycles. The summed E-state index contributed by atoms with van der Waals surface area (Å²) < 4.78 is 0. The fraction of sp³-hybridized carbons (Fsp3) is 0.385. The van der Waals surface area contributed by atoms with E-state index in [2.05, 4.69) is 15.2 Å². The van der Waals surface area contributed by atoms with Crippen molar-refractivity contribution in [3.05, 3.63) is 66.7 Å². The van der Waals surface area contributed by atoms with Gasteiger partial charge >= 0.3 is 0 Å². The number of rotatable bonds is 6. The lowest BCUT2D eigenvalue weighted by Crippen LogP contribution is -2.46. The minimum absolute atomic E-state index is 0.0987. The monoisotopic (exact) mass is 442 g/mol. The Morgan fingerprint density at radius 2 is 1.76 bits per heavy atom. The first-order valence-corrected chi connectivity index (χ1v) is 11.8. The molecule has 2 aliphatic heterocycles. The van der Waals surface area contributed by atoms with Gasteiger partial charge in [0.15, 0.2) is 5.82 Å². The number of anilines is 2. The van der Waals surface area contributed by atoms with Gasteiger partial charge in [-0.2, -0.15) is 0 Å². The zero-order chi connectivity index (χ0) is 22.6. The minimum Gasteiger partial charge on any atom is -0.340 e. The van der Waals surface area contributed by atoms with E-state index in [-0.39, 0.29) is 18.0 Å². The highest BCUT2D eigenvalue weighted by Crippen LogP contribution is 2.33. The molecular weight excluding hydrogens is 412 g/mol. The van der Waals surface area contributed by atoms with Crippen LogP contribution in [-0.4, -0.2) is 56.3 Å². The van der Waals surface area contributed by atoms with Crippen molar-refractivity contribution in [2.45, 2.75) is 44.7 Å². The van der Waals surface area contributed by atoms with Crippen LogP contribution < -0.4 is 5.32 Å². The number of nitrogens with one attached hydrogen (secondary N) is 1. The maximum absolute atomic E-state index is 13.5. The van der Waals surface area contributed by atoms with Gasteiger partial charge in [0.25, 0.3) is 0 Å². The molecule has 1 aromatic carbocycles. The van der Waals surface area contributed by atoms with Crippen molar-refractivity contribution >= 4 is 17.4 Å². The Balaban J connectivity index is 1.47. The molecular formula is C26H30N6O. The second-order valence-corrected chi connectivity index (χ2v) is 8.83. The van der Waals surface area contributed by atoms with E-state index < -0.39 is 0 Å². The van der Waals surface area contributed by atoms with E-state index in [4.69, 9.17) is 9.97 Å². The molecule has 7 nitrogen and oxygen atoms in total. The number of amides is 1. The Morgan fingerprint density at radius 3 is 2.52 bits per heavy atom. The van der Waals surface area contributed by atoms with Crippen LogP contribution in [0.5, 0.6) is 0 Å². The van der Waals surface area contributed by atoms with Gasteiger partial charge in [0, 0.05) is 36.3 Å². The molecule has 0 bridgehead atoms. The maximum atomic E-state index is 13.5. The van der Waals surface area contributed by atoms with Crippen molar-refractivity contribution in [3.8, 4) is 11.3 Å². The number of carbonyl (C=O) groups excluding carboxylic acids is 1. The highest BCUT2D eigenvalue weighted by Gasteiger charge is 2.36. The molecule has 2 saturated heterocycles. The van der Waals surface area contributed by atoms with Gasteiger partial charge in [-0.3, -0.25) is 14.7 Å². The van der Waals surface area contributed by atoms with Crippen molar-refractivity contribution < 1.29 is 4.79 Å². The summed E-state index contributed by atoms with van der Waals surface area (Å²) in [4.78, 5) is 31.7. The van der Waals surface area contributed by atoms with E-state index in [1.807, 2.05) is 60.4 Å². The standard InChI is InChI=1S/C26H30N6O/c1-19(31-15-5-6-16-31)26(33)32-17-7-10-23(32)25-29-22(20-11-13-27-14-12-20)18-24(30-25)28-21-8-3-2-4-9-21/h2-4,8-9,11-14,18-19,23H,5-7,10,15-17H2,1H3,(H,28,29,30)/t19-,23+/m1/s1. The van der Waals surface area contributed by atoms with Crippen molar-refractivity contribution in [2.75, 3.05) is 25.0 Å². The number of hydrogen-bond acceptors (Lipinski definition) is 6. The second kappa shape index (κ2) is 9.67. The molecule has 1 N–H and O–H groups in total. The quantitative estimate of drug-likeness (QED) is 0.609. The first-order chi connectivity index (χ1) is 16.2. The molecule has 2 atom stereocenters. The Hall–Kier alpha value is -3.32. The van der Waals surface area contributed by atoms with Gasteiger partial charge in [-0.1, -0.05) is 18.2 Å². The molecule has 0 saturated carbocycles. The van der Waals surface area contributed by atoms with Gasteiger partial charge in [-0.25, -0.2) is 9.97 Å². The number of benzene rings is 1. The summed E-state index contributed by atoms with van der Waals surface area (Å²) >= 11 is 0. The van der Waals surface area contributed by atoms with E-state index in [1.54, 1.807) is 12.4 Å². The highest BCUT2D eigenvalue weighted by atomic mass is 16.2. The van der Waals surface area contributed by atoms with Crippen LogP contribution >= 0.6 is 0 Å². The van der Waals surface area contributed by atoms with Crippen LogP contribution in [0.15, 0.2) is 60.9 Å². The molecule has 5 rings (SSSR count). The normalized spacial score (nSPS) is 19.5. The fourth-order valence-corrected chi connectivity index (χ4v) is 4.84. The number of pyridine rings is 1. The minimum atomic E-state index is -0.110. The Bertz CT molecular complexity index is 1080. The first kappa shape index (κ1) is 21.5. The van der Waals surface area contributed by atoms with Crippen LogP contribution in [0.4, 0.5) is 11.5 Å². The third kappa shape index (κ3) is 4.73. The van der Waals surface area contributed by atoms with Gasteiger partial charge in [-0.05, 0) is 70.0 Å². The fourth-order valence-electron chi connectivity index (χ4n) is 4.84. The van der Waals surface area contributed by atoms with Gasteiger partial charge in [0.2, 0.25) is 5.91 Å². The molecule has 1 amide bonds. The summed E-state index contributed by atoms with van der Waals surface area (Å²) in [6, 6.07) is 15.6. The van der Waals surface area contributed by atoms with Crippen LogP contribution in [0.3, 0.4) is 0 Å². The van der Waals surface area contributed by atoms with Crippen molar-refractivity contribution in [3.63, 3.8) is 0 Å². The lowest BCUT2D eigenvalue weighted by molar-refractivity contribution is -0.137. The van der Waals surface area contributed by atoms with E-state index in [0.717, 1.165) is 55.2 Å². The van der Waals surface area contributed by atoms with Crippen LogP contribution in [-0.2, 0) is 4.79 Å². The van der Waals surface area contributed by atoms with Crippen molar-refractivity contribution in [2.24, 2.45) is 0 Å². The average Bonchev–Trinajstić information content (AvgIpc) is 3.57. The Labute approximate surface area is 194 Å². The van der Waals surface area contributed by atoms with Gasteiger partial charge in [0.1, 0.15) is 5.82 Å². The van der Waals surface area contributed by atoms with Crippen LogP contribution in [0.2, 0.25) is 0 Å². The zero-order valence-electron chi connectivity index (χ0n) is 19.0. The number of carbonyl (C=O) groups is 1. The third-order valence-electron chi connectivity index (χ3n) is 6.65. The van der Waals surface area contributed by atoms with Crippen molar-refractivity contribution in [1.82, 2.24) is 24.8 Å². The van der Waals surface area contributed by atoms with Crippen LogP contribution in [0.25, 0.3) is 11.3 Å². The van der Waals surface area contributed by atoms with E-state index >= 15 is 0 Å². The average molecular weight is 443 g/mol. The molecule has 0 unspecified atom stereocenters. The van der Waals surface area contributed by atoms with E-state index in [9.17, 15) is 4.79 Å². The SMILES string of the molecule is C[C@H](C(=O)N1CCC[C@H]1c1nc(Nc2ccccc2)cc(-c2ccncc2)n1)N1CCCC1. The Morgan fingerprint density at radius 1 is 1.00 bits per heavy atom. The maximum Gasteiger partial charge on any atom is 0.240 e. The summed E-state index contributed by atoms with van der Waals surface area (Å²) in [5, 5.41) is 3.41. The van der Waals surface area contributed by atoms with Gasteiger partial charge < -0.3 is 10.2 Å². The summed E-state index contributed by atoms with van der Waals surface area (Å²) in [5.74, 6) is 1.61. The van der Waals surface area contributed by atoms with Crippen LogP contribution in [0.1, 0.15) is 44.5 Å². The predicted molar refractivity (Wildman–Crippen MR) is 129 cm³/mol. The number of hydrogen-bond donors (Lipinski definition) is 1. The van der Waals surface area contributed by atoms with Gasteiger partial charge in [0.05, 0.1) is 17.8 Å². The molecule has 3 aromatic rings. The molecule has 0 aliphatic carbocycles. The van der Waals surface area contributed by atoms with Crippen molar-refractivity contribution in [1.29, 1.82) is 0 Å². The molecule has 0 spiro atoms. The lowest BCUT2D eigenvalue weighted by Gasteiger charge is -2.31. The van der Waals surface area contributed by atoms with Gasteiger partial charge in [-0.15, -0.1) is 0 Å². The first-order valence-electron chi connectivity index (χ1n) is 11.8. The molecule has 7 heteroatoms. The smallest absolute Gasteiger partial charge is 0.240 e. The summed E-state index contributed by atoms with van der Waals surface area (Å²) in [5.41, 5.74) is 2.77. The Kier molecular flexibility index (Phi) is 6.30. The summed E-state index contributed by atoms with van der Waals surface area (Å²) in [7, 11) is 0. The molecule has 4 heterocycles. The number of aromatic nitrogens is 3. The number of para-hydroxylation sites is 1. The van der Waals surface area contributed by atoms with Crippen LogP contribution in [0, 0.1) is 0 Å². The largest absolute Gasteiger partial charge is 0.340 e. The van der Waals surface area contributed by atoms with E-state index in [1.165, 1.54) is 12.8 Å². The topological polar surface area (TPSA) is 74.2 Å². The second-order valence-electron chi connectivity index (χ2n) is 8.83. The molecule has 2 fully saturated rings. The molecule has 33 heavy (non-hydrogen) atoms. The molecule has 170 valence electrons. The zero-order valence-corrected chi connectivity index (χ0v) is 19.0. The number of likely N-dealkylation sites (tertiary alicyclic amines) is 2. The number of nitrogens with zero attached hydrogens (tertiary/aromatic N) is 5. The highest BCUT2D eigenvalue weighted by molar-refractivity contribution is 5.82. The predicted octanol–water partition coefficient (Wildman–Crippen LogP) is 4.43. The summed E-state index contributed by atoms with van der Waals surface area (Å²) in [6.07, 6.45) is 7.73. The molecule has 2 aliphatic rings. The van der Waals surface area contributed by atoms with E-state index in [0.29, 0.717) is 5.82 Å². The molecule has 0 radical (unpaired) electrons.